The van der Waals surface area contributed by atoms with Gasteiger partial charge in [0.05, 0.1) is 11.8 Å². The number of aliphatic hydroxyl groups excluding tert-OH is 1. The molecule has 3 unspecified atom stereocenters. The number of hydrogen-bond donors (Lipinski definition) is 1. The minimum absolute atomic E-state index is 0.282. The molecule has 0 aromatic carbocycles. The standard InChI is InChI=1S/C15H20N2OS/c1-10-5-11(2)7-12(6-10)14(18)8-13-9-17-3-4-19-15(17)16-13/h3-5,9-10,12,14,18H,6-8H2,1-2H3. The number of aliphatic hydroxyl groups is 1. The first-order chi connectivity index (χ1) is 9.11. The lowest BCUT2D eigenvalue weighted by atomic mass is 9.79. The molecule has 0 bridgehead atoms. The molecular formula is C15H20N2OS. The van der Waals surface area contributed by atoms with Crippen molar-refractivity contribution in [1.29, 1.82) is 0 Å². The highest BCUT2D eigenvalue weighted by Gasteiger charge is 2.25. The summed E-state index contributed by atoms with van der Waals surface area (Å²) in [5.41, 5.74) is 2.41. The van der Waals surface area contributed by atoms with Gasteiger partial charge in [-0.2, -0.15) is 0 Å². The predicted octanol–water partition coefficient (Wildman–Crippen LogP) is 3.29. The van der Waals surface area contributed by atoms with Crippen LogP contribution in [0.2, 0.25) is 0 Å². The van der Waals surface area contributed by atoms with E-state index in [1.807, 2.05) is 22.2 Å². The molecular weight excluding hydrogens is 256 g/mol. The molecule has 0 radical (unpaired) electrons. The summed E-state index contributed by atoms with van der Waals surface area (Å²) in [6, 6.07) is 0. The summed E-state index contributed by atoms with van der Waals surface area (Å²) in [7, 11) is 0. The van der Waals surface area contributed by atoms with Crippen LogP contribution in [0.1, 0.15) is 32.4 Å². The Morgan fingerprint density at radius 3 is 3.16 bits per heavy atom. The lowest BCUT2D eigenvalue weighted by Crippen LogP contribution is -2.27. The molecule has 0 amide bonds. The zero-order chi connectivity index (χ0) is 13.4. The molecule has 102 valence electrons. The third-order valence-electron chi connectivity index (χ3n) is 3.93. The van der Waals surface area contributed by atoms with Gasteiger partial charge >= 0.3 is 0 Å². The summed E-state index contributed by atoms with van der Waals surface area (Å²) in [5, 5.41) is 12.5. The van der Waals surface area contributed by atoms with Crippen LogP contribution in [0.5, 0.6) is 0 Å². The highest BCUT2D eigenvalue weighted by molar-refractivity contribution is 7.15. The van der Waals surface area contributed by atoms with Crippen molar-refractivity contribution in [2.24, 2.45) is 11.8 Å². The van der Waals surface area contributed by atoms with Gasteiger partial charge in [-0.15, -0.1) is 11.3 Å². The summed E-state index contributed by atoms with van der Waals surface area (Å²) in [6.45, 7) is 4.40. The van der Waals surface area contributed by atoms with E-state index in [-0.39, 0.29) is 6.10 Å². The van der Waals surface area contributed by atoms with Crippen molar-refractivity contribution in [3.8, 4) is 0 Å². The minimum Gasteiger partial charge on any atom is -0.392 e. The number of allylic oxidation sites excluding steroid dienone is 2. The summed E-state index contributed by atoms with van der Waals surface area (Å²) in [5.74, 6) is 0.957. The highest BCUT2D eigenvalue weighted by Crippen LogP contribution is 2.31. The second kappa shape index (κ2) is 5.10. The van der Waals surface area contributed by atoms with Gasteiger partial charge in [0.2, 0.25) is 0 Å². The maximum atomic E-state index is 10.5. The van der Waals surface area contributed by atoms with Gasteiger partial charge < -0.3 is 5.11 Å². The quantitative estimate of drug-likeness (QED) is 0.873. The van der Waals surface area contributed by atoms with E-state index in [9.17, 15) is 5.11 Å². The van der Waals surface area contributed by atoms with E-state index in [0.717, 1.165) is 23.5 Å². The van der Waals surface area contributed by atoms with E-state index in [0.29, 0.717) is 18.3 Å². The zero-order valence-corrected chi connectivity index (χ0v) is 12.2. The molecule has 0 aliphatic heterocycles. The second-order valence-electron chi connectivity index (χ2n) is 5.79. The van der Waals surface area contributed by atoms with Crippen LogP contribution in [0.15, 0.2) is 29.4 Å². The zero-order valence-electron chi connectivity index (χ0n) is 11.4. The normalized spacial score (nSPS) is 25.5. The van der Waals surface area contributed by atoms with Gasteiger partial charge in [0, 0.05) is 24.2 Å². The Bertz CT molecular complexity index is 570. The Labute approximate surface area is 117 Å². The monoisotopic (exact) mass is 276 g/mol. The second-order valence-corrected chi connectivity index (χ2v) is 6.66. The molecule has 1 aliphatic carbocycles. The molecule has 1 N–H and O–H groups in total. The van der Waals surface area contributed by atoms with E-state index < -0.39 is 0 Å². The van der Waals surface area contributed by atoms with Gasteiger partial charge in [0.25, 0.3) is 0 Å². The predicted molar refractivity (Wildman–Crippen MR) is 78.4 cm³/mol. The lowest BCUT2D eigenvalue weighted by Gasteiger charge is -2.29. The van der Waals surface area contributed by atoms with Gasteiger partial charge in [-0.25, -0.2) is 4.98 Å². The van der Waals surface area contributed by atoms with Crippen LogP contribution in [-0.2, 0) is 6.42 Å². The Kier molecular flexibility index (Phi) is 3.46. The van der Waals surface area contributed by atoms with E-state index in [4.69, 9.17) is 0 Å². The first kappa shape index (κ1) is 12.9. The molecule has 3 nitrogen and oxygen atoms in total. The Balaban J connectivity index is 1.69. The van der Waals surface area contributed by atoms with Crippen LogP contribution < -0.4 is 0 Å². The van der Waals surface area contributed by atoms with Crippen molar-refractivity contribution >= 4 is 16.3 Å². The van der Waals surface area contributed by atoms with E-state index in [1.165, 1.54) is 5.57 Å². The van der Waals surface area contributed by atoms with Gasteiger partial charge in [-0.05, 0) is 31.6 Å². The fourth-order valence-electron chi connectivity index (χ4n) is 3.14. The molecule has 0 spiro atoms. The Hall–Kier alpha value is -1.13. The summed E-state index contributed by atoms with van der Waals surface area (Å²) in [4.78, 5) is 5.56. The Morgan fingerprint density at radius 2 is 2.42 bits per heavy atom. The van der Waals surface area contributed by atoms with Crippen LogP contribution >= 0.6 is 11.3 Å². The van der Waals surface area contributed by atoms with Crippen molar-refractivity contribution in [1.82, 2.24) is 9.38 Å². The lowest BCUT2D eigenvalue weighted by molar-refractivity contribution is 0.0925. The summed E-state index contributed by atoms with van der Waals surface area (Å²) in [6.07, 6.45) is 8.86. The fourth-order valence-corrected chi connectivity index (χ4v) is 3.86. The molecule has 0 saturated carbocycles. The van der Waals surface area contributed by atoms with E-state index in [1.54, 1.807) is 11.3 Å². The number of rotatable bonds is 3. The Morgan fingerprint density at radius 1 is 1.58 bits per heavy atom. The number of fused-ring (bicyclic) bond motifs is 1. The minimum atomic E-state index is -0.282. The highest BCUT2D eigenvalue weighted by atomic mass is 32.1. The average Bonchev–Trinajstić information content (AvgIpc) is 2.88. The van der Waals surface area contributed by atoms with Crippen LogP contribution in [0.4, 0.5) is 0 Å². The van der Waals surface area contributed by atoms with Gasteiger partial charge in [-0.1, -0.05) is 18.6 Å². The van der Waals surface area contributed by atoms with Crippen molar-refractivity contribution in [2.75, 3.05) is 0 Å². The molecule has 0 fully saturated rings. The number of aromatic nitrogens is 2. The summed E-state index contributed by atoms with van der Waals surface area (Å²) >= 11 is 1.63. The summed E-state index contributed by atoms with van der Waals surface area (Å²) < 4.78 is 2.03. The van der Waals surface area contributed by atoms with E-state index >= 15 is 0 Å². The van der Waals surface area contributed by atoms with Crippen molar-refractivity contribution in [2.45, 2.75) is 39.2 Å². The first-order valence-electron chi connectivity index (χ1n) is 6.88. The van der Waals surface area contributed by atoms with Gasteiger partial charge in [-0.3, -0.25) is 4.40 Å². The van der Waals surface area contributed by atoms with Gasteiger partial charge in [0.15, 0.2) is 4.96 Å². The largest absolute Gasteiger partial charge is 0.392 e. The number of thiazole rings is 1. The number of nitrogens with zero attached hydrogens (tertiary/aromatic N) is 2. The molecule has 0 saturated heterocycles. The van der Waals surface area contributed by atoms with Gasteiger partial charge in [0.1, 0.15) is 0 Å². The SMILES string of the molecule is CC1=CC(C)CC(C(O)Cc2cn3ccsc3n2)C1. The molecule has 19 heavy (non-hydrogen) atoms. The molecule has 2 aromatic heterocycles. The molecule has 4 heteroatoms. The first-order valence-corrected chi connectivity index (χ1v) is 7.76. The average molecular weight is 276 g/mol. The fraction of sp³-hybridized carbons (Fsp3) is 0.533. The van der Waals surface area contributed by atoms with Crippen molar-refractivity contribution in [3.05, 3.63) is 35.1 Å². The maximum absolute atomic E-state index is 10.5. The number of hydrogen-bond acceptors (Lipinski definition) is 3. The van der Waals surface area contributed by atoms with E-state index in [2.05, 4.69) is 24.9 Å². The molecule has 2 aromatic rings. The van der Waals surface area contributed by atoms with Crippen LogP contribution in [0.3, 0.4) is 0 Å². The van der Waals surface area contributed by atoms with Crippen molar-refractivity contribution in [3.63, 3.8) is 0 Å². The smallest absolute Gasteiger partial charge is 0.193 e. The number of imidazole rings is 1. The topological polar surface area (TPSA) is 37.5 Å². The van der Waals surface area contributed by atoms with Crippen LogP contribution in [-0.4, -0.2) is 20.6 Å². The molecule has 2 heterocycles. The third kappa shape index (κ3) is 2.74. The third-order valence-corrected chi connectivity index (χ3v) is 4.70. The molecule has 3 rings (SSSR count). The maximum Gasteiger partial charge on any atom is 0.193 e. The molecule has 1 aliphatic rings. The van der Waals surface area contributed by atoms with Crippen molar-refractivity contribution < 1.29 is 5.11 Å². The van der Waals surface area contributed by atoms with Crippen LogP contribution in [0, 0.1) is 11.8 Å². The molecule has 3 atom stereocenters. The van der Waals surface area contributed by atoms with Crippen LogP contribution in [0.25, 0.3) is 4.96 Å².